The summed E-state index contributed by atoms with van der Waals surface area (Å²) in [4.78, 5) is 27.7. The number of carbonyl (C=O) groups is 2. The number of fused-ring (bicyclic) bond motifs is 1. The molecule has 1 amide bonds. The van der Waals surface area contributed by atoms with Gasteiger partial charge in [-0.3, -0.25) is 14.5 Å². The number of benzene rings is 3. The van der Waals surface area contributed by atoms with Crippen molar-refractivity contribution >= 4 is 23.1 Å². The van der Waals surface area contributed by atoms with E-state index in [1.807, 2.05) is 6.92 Å². The number of hydrogen-bond donors (Lipinski definition) is 1. The van der Waals surface area contributed by atoms with E-state index in [0.29, 0.717) is 23.3 Å². The number of methoxy groups -OCH3 is 1. The highest BCUT2D eigenvalue weighted by Gasteiger charge is 2.48. The zero-order valence-electron chi connectivity index (χ0n) is 18.6. The van der Waals surface area contributed by atoms with Crippen LogP contribution in [0.15, 0.2) is 72.3 Å². The van der Waals surface area contributed by atoms with Gasteiger partial charge < -0.3 is 14.6 Å². The number of ketones is 1. The Morgan fingerprint density at radius 1 is 1.09 bits per heavy atom. The summed E-state index contributed by atoms with van der Waals surface area (Å²) in [5, 5.41) is 11.3. The lowest BCUT2D eigenvalue weighted by molar-refractivity contribution is -0.132. The smallest absolute Gasteiger partial charge is 0.300 e. The molecule has 2 unspecified atom stereocenters. The summed E-state index contributed by atoms with van der Waals surface area (Å²) in [6.07, 6.45) is 0.684. The normalized spacial score (nSPS) is 20.9. The first-order chi connectivity index (χ1) is 16.4. The number of rotatable bonds is 4. The lowest BCUT2D eigenvalue weighted by atomic mass is 9.93. The fourth-order valence-corrected chi connectivity index (χ4v) is 4.64. The predicted octanol–water partition coefficient (Wildman–Crippen LogP) is 4.78. The van der Waals surface area contributed by atoms with Crippen LogP contribution in [-0.4, -0.2) is 30.0 Å². The summed E-state index contributed by atoms with van der Waals surface area (Å²) >= 11 is 0. The minimum atomic E-state index is -1.01. The number of Topliss-reactive ketones (excluding diaryl/α,β-unsaturated/α-hetero) is 1. The highest BCUT2D eigenvalue weighted by Crippen LogP contribution is 2.45. The Kier molecular flexibility index (Phi) is 5.32. The maximum atomic E-state index is 14.1. The Balaban J connectivity index is 1.73. The van der Waals surface area contributed by atoms with E-state index in [4.69, 9.17) is 9.47 Å². The molecule has 7 heteroatoms. The Morgan fingerprint density at radius 3 is 2.65 bits per heavy atom. The monoisotopic (exact) mass is 459 g/mol. The maximum absolute atomic E-state index is 14.1. The lowest BCUT2D eigenvalue weighted by Gasteiger charge is -2.26. The minimum Gasteiger partial charge on any atom is -0.507 e. The van der Waals surface area contributed by atoms with Crippen LogP contribution in [0.5, 0.6) is 11.5 Å². The van der Waals surface area contributed by atoms with Gasteiger partial charge in [0.05, 0.1) is 18.7 Å². The molecule has 0 radical (unpaired) electrons. The number of amides is 1. The zero-order valence-corrected chi connectivity index (χ0v) is 18.6. The second kappa shape index (κ2) is 8.33. The molecule has 2 aliphatic heterocycles. The molecule has 0 saturated carbocycles. The molecule has 1 fully saturated rings. The molecule has 2 heterocycles. The van der Waals surface area contributed by atoms with Gasteiger partial charge in [-0.05, 0) is 55.0 Å². The average Bonchev–Trinajstić information content (AvgIpc) is 3.34. The summed E-state index contributed by atoms with van der Waals surface area (Å²) in [6.45, 7) is 1.95. The van der Waals surface area contributed by atoms with Gasteiger partial charge in [-0.2, -0.15) is 0 Å². The van der Waals surface area contributed by atoms with Crippen molar-refractivity contribution in [2.75, 3.05) is 12.0 Å². The number of halogens is 1. The SMILES string of the molecule is COc1ccccc1C1/C(=C(\O)c2ccc3c(c2)CC(C)O3)C(=O)C(=O)N1c1cccc(F)c1. The van der Waals surface area contributed by atoms with Gasteiger partial charge in [-0.15, -0.1) is 0 Å². The number of hydrogen-bond acceptors (Lipinski definition) is 5. The van der Waals surface area contributed by atoms with Crippen LogP contribution in [0.25, 0.3) is 5.76 Å². The van der Waals surface area contributed by atoms with Gasteiger partial charge in [-0.1, -0.05) is 24.3 Å². The number of aliphatic hydroxyl groups is 1. The Hall–Kier alpha value is -4.13. The molecule has 0 spiro atoms. The van der Waals surface area contributed by atoms with Gasteiger partial charge in [-0.25, -0.2) is 4.39 Å². The molecular formula is C27H22FNO5. The summed E-state index contributed by atoms with van der Waals surface area (Å²) in [5.74, 6) is -1.42. The van der Waals surface area contributed by atoms with Crippen molar-refractivity contribution in [3.8, 4) is 11.5 Å². The van der Waals surface area contributed by atoms with Gasteiger partial charge in [0.1, 0.15) is 29.2 Å². The topological polar surface area (TPSA) is 76.1 Å². The number of carbonyl (C=O) groups excluding carboxylic acids is 2. The Morgan fingerprint density at radius 2 is 1.88 bits per heavy atom. The molecule has 172 valence electrons. The quantitative estimate of drug-likeness (QED) is 0.345. The first-order valence-corrected chi connectivity index (χ1v) is 10.9. The van der Waals surface area contributed by atoms with E-state index in [1.54, 1.807) is 48.5 Å². The van der Waals surface area contributed by atoms with Crippen molar-refractivity contribution in [3.05, 3.63) is 94.8 Å². The van der Waals surface area contributed by atoms with E-state index in [0.717, 1.165) is 11.3 Å². The van der Waals surface area contributed by atoms with E-state index in [2.05, 4.69) is 0 Å². The number of anilines is 1. The van der Waals surface area contributed by atoms with E-state index in [9.17, 15) is 19.1 Å². The van der Waals surface area contributed by atoms with E-state index < -0.39 is 23.5 Å². The second-order valence-corrected chi connectivity index (χ2v) is 8.35. The van der Waals surface area contributed by atoms with Crippen LogP contribution in [0.2, 0.25) is 0 Å². The van der Waals surface area contributed by atoms with Crippen LogP contribution in [0, 0.1) is 5.82 Å². The predicted molar refractivity (Wildman–Crippen MR) is 124 cm³/mol. The number of para-hydroxylation sites is 1. The third-order valence-corrected chi connectivity index (χ3v) is 6.13. The van der Waals surface area contributed by atoms with Gasteiger partial charge in [0.25, 0.3) is 11.7 Å². The van der Waals surface area contributed by atoms with Gasteiger partial charge in [0, 0.05) is 23.2 Å². The summed E-state index contributed by atoms with van der Waals surface area (Å²) in [6, 6.07) is 16.5. The molecule has 3 aromatic rings. The van der Waals surface area contributed by atoms with Gasteiger partial charge >= 0.3 is 0 Å². The summed E-state index contributed by atoms with van der Waals surface area (Å²) in [7, 11) is 1.48. The molecule has 0 aromatic heterocycles. The largest absolute Gasteiger partial charge is 0.507 e. The van der Waals surface area contributed by atoms with Crippen molar-refractivity contribution < 1.29 is 28.6 Å². The third-order valence-electron chi connectivity index (χ3n) is 6.13. The second-order valence-electron chi connectivity index (χ2n) is 8.35. The van der Waals surface area contributed by atoms with E-state index in [-0.39, 0.29) is 23.1 Å². The van der Waals surface area contributed by atoms with Crippen molar-refractivity contribution in [1.29, 1.82) is 0 Å². The van der Waals surface area contributed by atoms with Crippen LogP contribution in [0.4, 0.5) is 10.1 Å². The highest BCUT2D eigenvalue weighted by atomic mass is 19.1. The van der Waals surface area contributed by atoms with Crippen LogP contribution < -0.4 is 14.4 Å². The van der Waals surface area contributed by atoms with Crippen molar-refractivity contribution in [3.63, 3.8) is 0 Å². The first-order valence-electron chi connectivity index (χ1n) is 10.9. The maximum Gasteiger partial charge on any atom is 0.300 e. The van der Waals surface area contributed by atoms with E-state index >= 15 is 0 Å². The number of ether oxygens (including phenoxy) is 2. The molecule has 1 saturated heterocycles. The molecule has 2 aliphatic rings. The van der Waals surface area contributed by atoms with Crippen LogP contribution in [0.3, 0.4) is 0 Å². The molecule has 3 aromatic carbocycles. The molecule has 0 bridgehead atoms. The third kappa shape index (κ3) is 3.50. The zero-order chi connectivity index (χ0) is 24.0. The first kappa shape index (κ1) is 21.7. The van der Waals surface area contributed by atoms with Crippen LogP contribution >= 0.6 is 0 Å². The highest BCUT2D eigenvalue weighted by molar-refractivity contribution is 6.51. The Bertz CT molecular complexity index is 1350. The van der Waals surface area contributed by atoms with Gasteiger partial charge in [0.2, 0.25) is 0 Å². The van der Waals surface area contributed by atoms with Crippen molar-refractivity contribution in [1.82, 2.24) is 0 Å². The Labute approximate surface area is 195 Å². The van der Waals surface area contributed by atoms with E-state index in [1.165, 1.54) is 30.2 Å². The fourth-order valence-electron chi connectivity index (χ4n) is 4.64. The molecule has 34 heavy (non-hydrogen) atoms. The molecule has 2 atom stereocenters. The van der Waals surface area contributed by atoms with Crippen molar-refractivity contribution in [2.24, 2.45) is 0 Å². The average molecular weight is 459 g/mol. The summed E-state index contributed by atoms with van der Waals surface area (Å²) in [5.41, 5.74) is 1.91. The number of aliphatic hydroxyl groups excluding tert-OH is 1. The number of nitrogens with zero attached hydrogens (tertiary/aromatic N) is 1. The van der Waals surface area contributed by atoms with Crippen molar-refractivity contribution in [2.45, 2.75) is 25.5 Å². The minimum absolute atomic E-state index is 0.0135. The molecule has 1 N–H and O–H groups in total. The van der Waals surface area contributed by atoms with Crippen LogP contribution in [0.1, 0.15) is 29.7 Å². The molecule has 6 nitrogen and oxygen atoms in total. The van der Waals surface area contributed by atoms with Gasteiger partial charge in [0.15, 0.2) is 0 Å². The van der Waals surface area contributed by atoms with Crippen LogP contribution in [-0.2, 0) is 16.0 Å². The fraction of sp³-hybridized carbons (Fsp3) is 0.185. The molecule has 0 aliphatic carbocycles. The standard InChI is InChI=1S/C27H22FNO5/c1-15-12-17-13-16(10-11-21(17)34-15)25(30)23-24(20-8-3-4-9-22(20)33-2)29(27(32)26(23)31)19-7-5-6-18(28)14-19/h3-11,13-15,24,30H,12H2,1-2H3/b25-23+. The molecule has 5 rings (SSSR count). The lowest BCUT2D eigenvalue weighted by Crippen LogP contribution is -2.29. The summed E-state index contributed by atoms with van der Waals surface area (Å²) < 4.78 is 25.3. The molecular weight excluding hydrogens is 437 g/mol.